The molecule has 0 amide bonds. The molecule has 13 heavy (non-hydrogen) atoms. The Bertz CT molecular complexity index is 357. The van der Waals surface area contributed by atoms with Crippen molar-refractivity contribution >= 4 is 0 Å². The fourth-order valence-electron chi connectivity index (χ4n) is 0.808. The van der Waals surface area contributed by atoms with Crippen LogP contribution >= 0.6 is 0 Å². The highest BCUT2D eigenvalue weighted by molar-refractivity contribution is 5.34. The maximum atomic E-state index is 12.1. The largest absolute Gasteiger partial charge is 0.417 e. The van der Waals surface area contributed by atoms with E-state index in [1.807, 2.05) is 0 Å². The molecular weight excluding hydrogens is 179 g/mol. The van der Waals surface area contributed by atoms with Crippen molar-refractivity contribution in [3.8, 4) is 11.8 Å². The fourth-order valence-corrected chi connectivity index (χ4v) is 0.808. The van der Waals surface area contributed by atoms with Gasteiger partial charge in [0.1, 0.15) is 0 Å². The van der Waals surface area contributed by atoms with Crippen molar-refractivity contribution in [3.05, 3.63) is 29.6 Å². The minimum atomic E-state index is -4.35. The van der Waals surface area contributed by atoms with Crippen LogP contribution in [0.2, 0.25) is 0 Å². The number of pyridine rings is 1. The fraction of sp³-hybridized carbons (Fsp3) is 0.222. The lowest BCUT2D eigenvalue weighted by Gasteiger charge is -2.04. The van der Waals surface area contributed by atoms with Gasteiger partial charge in [0.2, 0.25) is 0 Å². The Morgan fingerprint density at radius 3 is 2.54 bits per heavy atom. The van der Waals surface area contributed by atoms with Crippen LogP contribution in [0.15, 0.2) is 18.5 Å². The molecule has 1 nitrogen and oxygen atoms in total. The van der Waals surface area contributed by atoms with Crippen molar-refractivity contribution in [1.29, 1.82) is 0 Å². The second kappa shape index (κ2) is 3.48. The Hall–Kier alpha value is -1.50. The van der Waals surface area contributed by atoms with Crippen molar-refractivity contribution in [2.75, 3.05) is 0 Å². The van der Waals surface area contributed by atoms with Crippen molar-refractivity contribution < 1.29 is 13.2 Å². The summed E-state index contributed by atoms with van der Waals surface area (Å²) in [6, 6.07) is 0.976. The van der Waals surface area contributed by atoms with E-state index in [-0.39, 0.29) is 5.56 Å². The standard InChI is InChI=1S/C9H6F3N/c1-2-3-7-4-8(6-13-5-7)9(10,11)12/h4-6H,1H3. The highest BCUT2D eigenvalue weighted by atomic mass is 19.4. The summed E-state index contributed by atoms with van der Waals surface area (Å²) in [7, 11) is 0. The van der Waals surface area contributed by atoms with E-state index >= 15 is 0 Å². The molecule has 0 aliphatic rings. The Balaban J connectivity index is 3.10. The van der Waals surface area contributed by atoms with Crippen LogP contribution < -0.4 is 0 Å². The van der Waals surface area contributed by atoms with Crippen LogP contribution in [0.3, 0.4) is 0 Å². The molecule has 68 valence electrons. The molecule has 0 radical (unpaired) electrons. The highest BCUT2D eigenvalue weighted by Crippen LogP contribution is 2.28. The van der Waals surface area contributed by atoms with Crippen LogP contribution in [0.1, 0.15) is 18.1 Å². The molecule has 0 aliphatic heterocycles. The predicted molar refractivity (Wildman–Crippen MR) is 41.8 cm³/mol. The number of hydrogen-bond acceptors (Lipinski definition) is 1. The second-order valence-electron chi connectivity index (χ2n) is 2.34. The van der Waals surface area contributed by atoms with Gasteiger partial charge in [-0.15, -0.1) is 5.92 Å². The van der Waals surface area contributed by atoms with Gasteiger partial charge in [-0.25, -0.2) is 0 Å². The summed E-state index contributed by atoms with van der Waals surface area (Å²) in [6.07, 6.45) is -2.27. The Kier molecular flexibility index (Phi) is 2.57. The number of nitrogens with zero attached hydrogens (tertiary/aromatic N) is 1. The number of rotatable bonds is 0. The Morgan fingerprint density at radius 1 is 1.31 bits per heavy atom. The molecule has 1 heterocycles. The molecule has 0 fully saturated rings. The zero-order valence-electron chi connectivity index (χ0n) is 6.81. The molecule has 1 aromatic heterocycles. The van der Waals surface area contributed by atoms with Crippen LogP contribution in [0.5, 0.6) is 0 Å². The number of aromatic nitrogens is 1. The van der Waals surface area contributed by atoms with Gasteiger partial charge in [-0.1, -0.05) is 5.92 Å². The molecule has 4 heteroatoms. The van der Waals surface area contributed by atoms with Crippen molar-refractivity contribution in [3.63, 3.8) is 0 Å². The number of alkyl halides is 3. The zero-order valence-corrected chi connectivity index (χ0v) is 6.81. The minimum absolute atomic E-state index is 0.275. The van der Waals surface area contributed by atoms with Crippen LogP contribution in [0.25, 0.3) is 0 Å². The van der Waals surface area contributed by atoms with Gasteiger partial charge < -0.3 is 0 Å². The molecule has 0 aliphatic carbocycles. The molecule has 0 bridgehead atoms. The third kappa shape index (κ3) is 2.48. The third-order valence-electron chi connectivity index (χ3n) is 1.33. The first-order valence-corrected chi connectivity index (χ1v) is 3.49. The first-order chi connectivity index (χ1) is 6.04. The maximum Gasteiger partial charge on any atom is 0.417 e. The number of hydrogen-bond donors (Lipinski definition) is 0. The summed E-state index contributed by atoms with van der Waals surface area (Å²) in [5.41, 5.74) is -0.495. The summed E-state index contributed by atoms with van der Waals surface area (Å²) in [4.78, 5) is 3.45. The van der Waals surface area contributed by atoms with E-state index in [2.05, 4.69) is 16.8 Å². The van der Waals surface area contributed by atoms with Gasteiger partial charge in [0.15, 0.2) is 0 Å². The van der Waals surface area contributed by atoms with E-state index in [0.29, 0.717) is 0 Å². The smallest absolute Gasteiger partial charge is 0.263 e. The van der Waals surface area contributed by atoms with Gasteiger partial charge in [-0.05, 0) is 13.0 Å². The van der Waals surface area contributed by atoms with E-state index in [1.165, 1.54) is 6.20 Å². The van der Waals surface area contributed by atoms with Crippen molar-refractivity contribution in [2.24, 2.45) is 0 Å². The second-order valence-corrected chi connectivity index (χ2v) is 2.34. The minimum Gasteiger partial charge on any atom is -0.263 e. The summed E-state index contributed by atoms with van der Waals surface area (Å²) in [5.74, 6) is 5.01. The van der Waals surface area contributed by atoms with E-state index in [9.17, 15) is 13.2 Å². The van der Waals surface area contributed by atoms with Crippen molar-refractivity contribution in [2.45, 2.75) is 13.1 Å². The molecule has 0 saturated heterocycles. The zero-order chi connectivity index (χ0) is 9.90. The van der Waals surface area contributed by atoms with Gasteiger partial charge in [-0.3, -0.25) is 4.98 Å². The van der Waals surface area contributed by atoms with Crippen LogP contribution in [-0.4, -0.2) is 4.98 Å². The van der Waals surface area contributed by atoms with Crippen LogP contribution in [-0.2, 0) is 6.18 Å². The van der Waals surface area contributed by atoms with Crippen molar-refractivity contribution in [1.82, 2.24) is 4.98 Å². The molecule has 0 saturated carbocycles. The third-order valence-corrected chi connectivity index (χ3v) is 1.33. The summed E-state index contributed by atoms with van der Waals surface area (Å²) >= 11 is 0. The summed E-state index contributed by atoms with van der Waals surface area (Å²) in [5, 5.41) is 0. The predicted octanol–water partition coefficient (Wildman–Crippen LogP) is 2.47. The first-order valence-electron chi connectivity index (χ1n) is 3.49. The van der Waals surface area contributed by atoms with E-state index in [4.69, 9.17) is 0 Å². The van der Waals surface area contributed by atoms with Gasteiger partial charge in [0, 0.05) is 18.0 Å². The van der Waals surface area contributed by atoms with E-state index in [0.717, 1.165) is 12.3 Å². The monoisotopic (exact) mass is 185 g/mol. The SMILES string of the molecule is CC#Cc1cncc(C(F)(F)F)c1. The van der Waals surface area contributed by atoms with Gasteiger partial charge >= 0.3 is 6.18 Å². The lowest BCUT2D eigenvalue weighted by atomic mass is 10.2. The molecule has 1 rings (SSSR count). The molecule has 0 aromatic carbocycles. The lowest BCUT2D eigenvalue weighted by Crippen LogP contribution is -2.05. The van der Waals surface area contributed by atoms with E-state index in [1.54, 1.807) is 6.92 Å². The molecular formula is C9H6F3N. The first kappa shape index (κ1) is 9.59. The number of halogens is 3. The maximum absolute atomic E-state index is 12.1. The van der Waals surface area contributed by atoms with Gasteiger partial charge in [-0.2, -0.15) is 13.2 Å². The van der Waals surface area contributed by atoms with E-state index < -0.39 is 11.7 Å². The summed E-state index contributed by atoms with van der Waals surface area (Å²) in [6.45, 7) is 1.56. The molecule has 0 spiro atoms. The van der Waals surface area contributed by atoms with Gasteiger partial charge in [0.25, 0.3) is 0 Å². The molecule has 1 aromatic rings. The quantitative estimate of drug-likeness (QED) is 0.566. The topological polar surface area (TPSA) is 12.9 Å². The lowest BCUT2D eigenvalue weighted by molar-refractivity contribution is -0.137. The average Bonchev–Trinajstić information content (AvgIpc) is 2.04. The highest BCUT2D eigenvalue weighted by Gasteiger charge is 2.30. The van der Waals surface area contributed by atoms with Crippen LogP contribution in [0.4, 0.5) is 13.2 Å². The Morgan fingerprint density at radius 2 is 2.00 bits per heavy atom. The molecule has 0 atom stereocenters. The molecule has 0 unspecified atom stereocenters. The average molecular weight is 185 g/mol. The molecule has 0 N–H and O–H groups in total. The summed E-state index contributed by atoms with van der Waals surface area (Å²) < 4.78 is 36.4. The normalized spacial score (nSPS) is 10.5. The van der Waals surface area contributed by atoms with Crippen LogP contribution in [0, 0.1) is 11.8 Å². The van der Waals surface area contributed by atoms with Gasteiger partial charge in [0.05, 0.1) is 5.56 Å². The Labute approximate surface area is 73.6 Å².